The summed E-state index contributed by atoms with van der Waals surface area (Å²) in [6.45, 7) is 0.293. The molecule has 0 aliphatic carbocycles. The molecule has 0 N–H and O–H groups in total. The molecule has 4 rings (SSSR count). The van der Waals surface area contributed by atoms with Gasteiger partial charge in [0, 0.05) is 28.7 Å². The number of carbonyl (C=O) groups excluding carboxylic acids is 1. The molecule has 0 unspecified atom stereocenters. The van der Waals surface area contributed by atoms with Crippen LogP contribution in [0.3, 0.4) is 0 Å². The fraction of sp³-hybridized carbons (Fsp3) is 0.0952. The fourth-order valence-corrected chi connectivity index (χ4v) is 4.88. The van der Waals surface area contributed by atoms with E-state index in [4.69, 9.17) is 0 Å². The van der Waals surface area contributed by atoms with Crippen molar-refractivity contribution in [3.8, 4) is 0 Å². The summed E-state index contributed by atoms with van der Waals surface area (Å²) in [6.07, 6.45) is 4.55. The van der Waals surface area contributed by atoms with E-state index in [0.717, 1.165) is 10.0 Å². The number of nitrogens with zero attached hydrogens (tertiary/aromatic N) is 3. The van der Waals surface area contributed by atoms with Crippen LogP contribution in [0.25, 0.3) is 10.2 Å². The van der Waals surface area contributed by atoms with Crippen molar-refractivity contribution in [3.05, 3.63) is 82.6 Å². The van der Waals surface area contributed by atoms with Crippen molar-refractivity contribution in [2.75, 3.05) is 11.2 Å². The van der Waals surface area contributed by atoms with Crippen LogP contribution in [0, 0.1) is 0 Å². The molecule has 0 radical (unpaired) electrons. The minimum atomic E-state index is -3.33. The standard InChI is InChI=1S/C21H16BrN3O3S2/c1-30(27,28)17-8-9-18-19(11-17)29-21(24-18)25(13-14-3-2-10-23-12-14)20(26)15-4-6-16(22)7-5-15/h2-12H,13H2,1H3. The molecule has 0 aliphatic rings. The number of pyridine rings is 1. The van der Waals surface area contributed by atoms with Crippen LogP contribution in [0.1, 0.15) is 15.9 Å². The molecule has 0 bridgehead atoms. The summed E-state index contributed by atoms with van der Waals surface area (Å²) in [7, 11) is -3.33. The molecule has 0 fully saturated rings. The van der Waals surface area contributed by atoms with Crippen LogP contribution in [-0.4, -0.2) is 30.5 Å². The Balaban J connectivity index is 1.78. The summed E-state index contributed by atoms with van der Waals surface area (Å²) in [5.74, 6) is -0.200. The van der Waals surface area contributed by atoms with E-state index < -0.39 is 9.84 Å². The smallest absolute Gasteiger partial charge is 0.260 e. The second kappa shape index (κ2) is 8.25. The lowest BCUT2D eigenvalue weighted by Gasteiger charge is -2.20. The summed E-state index contributed by atoms with van der Waals surface area (Å²) < 4.78 is 25.4. The Kier molecular flexibility index (Phi) is 5.68. The number of aromatic nitrogens is 2. The summed E-state index contributed by atoms with van der Waals surface area (Å²) >= 11 is 4.66. The highest BCUT2D eigenvalue weighted by atomic mass is 79.9. The number of hydrogen-bond acceptors (Lipinski definition) is 6. The Bertz CT molecular complexity index is 1320. The number of benzene rings is 2. The van der Waals surface area contributed by atoms with Crippen LogP contribution in [0.4, 0.5) is 5.13 Å². The van der Waals surface area contributed by atoms with Gasteiger partial charge in [-0.2, -0.15) is 0 Å². The van der Waals surface area contributed by atoms with Crippen molar-refractivity contribution in [2.24, 2.45) is 0 Å². The third-order valence-electron chi connectivity index (χ3n) is 4.41. The molecule has 6 nitrogen and oxygen atoms in total. The van der Waals surface area contributed by atoms with Gasteiger partial charge in [-0.05, 0) is 54.1 Å². The van der Waals surface area contributed by atoms with E-state index in [1.165, 1.54) is 23.7 Å². The first-order valence-corrected chi connectivity index (χ1v) is 12.4. The summed E-state index contributed by atoms with van der Waals surface area (Å²) in [5.41, 5.74) is 2.03. The lowest BCUT2D eigenvalue weighted by Crippen LogP contribution is -2.30. The number of hydrogen-bond donors (Lipinski definition) is 0. The summed E-state index contributed by atoms with van der Waals surface area (Å²) in [6, 6.07) is 15.6. The lowest BCUT2D eigenvalue weighted by molar-refractivity contribution is 0.0985. The van der Waals surface area contributed by atoms with Gasteiger partial charge in [0.05, 0.1) is 21.7 Å². The molecule has 2 heterocycles. The van der Waals surface area contributed by atoms with Crippen LogP contribution in [0.2, 0.25) is 0 Å². The average molecular weight is 502 g/mol. The maximum Gasteiger partial charge on any atom is 0.260 e. The molecule has 0 saturated heterocycles. The Morgan fingerprint density at radius 3 is 2.57 bits per heavy atom. The summed E-state index contributed by atoms with van der Waals surface area (Å²) in [5, 5.41) is 0.493. The van der Waals surface area contributed by atoms with Gasteiger partial charge in [-0.25, -0.2) is 13.4 Å². The summed E-state index contributed by atoms with van der Waals surface area (Å²) in [4.78, 5) is 23.9. The van der Waals surface area contributed by atoms with Gasteiger partial charge in [-0.1, -0.05) is 33.3 Å². The zero-order valence-corrected chi connectivity index (χ0v) is 19.0. The highest BCUT2D eigenvalue weighted by Gasteiger charge is 2.22. The zero-order chi connectivity index (χ0) is 21.3. The van der Waals surface area contributed by atoms with E-state index in [0.29, 0.717) is 27.5 Å². The van der Waals surface area contributed by atoms with Crippen molar-refractivity contribution in [1.82, 2.24) is 9.97 Å². The minimum Gasteiger partial charge on any atom is -0.279 e. The molecular formula is C21H16BrN3O3S2. The van der Waals surface area contributed by atoms with E-state index in [-0.39, 0.29) is 10.8 Å². The van der Waals surface area contributed by atoms with Gasteiger partial charge in [0.2, 0.25) is 0 Å². The molecule has 0 spiro atoms. The van der Waals surface area contributed by atoms with Gasteiger partial charge >= 0.3 is 0 Å². The number of fused-ring (bicyclic) bond motifs is 1. The number of anilines is 1. The van der Waals surface area contributed by atoms with E-state index in [1.807, 2.05) is 24.3 Å². The second-order valence-corrected chi connectivity index (χ2v) is 10.6. The highest BCUT2D eigenvalue weighted by molar-refractivity contribution is 9.10. The quantitative estimate of drug-likeness (QED) is 0.395. The molecule has 1 amide bonds. The molecule has 4 aromatic rings. The molecule has 0 aliphatic heterocycles. The Labute approximate surface area is 186 Å². The zero-order valence-electron chi connectivity index (χ0n) is 15.8. The molecule has 9 heteroatoms. The predicted octanol–water partition coefficient (Wildman–Crippen LogP) is 4.70. The first-order valence-electron chi connectivity index (χ1n) is 8.88. The number of halogens is 1. The number of sulfone groups is 1. The number of thiazole rings is 1. The van der Waals surface area contributed by atoms with Gasteiger partial charge < -0.3 is 0 Å². The molecule has 30 heavy (non-hydrogen) atoms. The fourth-order valence-electron chi connectivity index (χ4n) is 2.89. The van der Waals surface area contributed by atoms with E-state index in [2.05, 4.69) is 25.9 Å². The maximum atomic E-state index is 13.3. The van der Waals surface area contributed by atoms with Crippen LogP contribution in [0.5, 0.6) is 0 Å². The van der Waals surface area contributed by atoms with E-state index >= 15 is 0 Å². The van der Waals surface area contributed by atoms with Crippen molar-refractivity contribution in [3.63, 3.8) is 0 Å². The molecule has 0 atom stereocenters. The first kappa shape index (κ1) is 20.6. The van der Waals surface area contributed by atoms with Gasteiger partial charge in [-0.3, -0.25) is 14.7 Å². The van der Waals surface area contributed by atoms with Crippen molar-refractivity contribution >= 4 is 58.4 Å². The van der Waals surface area contributed by atoms with Gasteiger partial charge in [0.1, 0.15) is 0 Å². The molecule has 0 saturated carbocycles. The van der Waals surface area contributed by atoms with Gasteiger partial charge in [0.15, 0.2) is 15.0 Å². The van der Waals surface area contributed by atoms with Crippen LogP contribution in [0.15, 0.2) is 76.4 Å². The maximum absolute atomic E-state index is 13.3. The second-order valence-electron chi connectivity index (χ2n) is 6.66. The van der Waals surface area contributed by atoms with E-state index in [9.17, 15) is 13.2 Å². The topological polar surface area (TPSA) is 80.2 Å². The van der Waals surface area contributed by atoms with Crippen molar-refractivity contribution in [2.45, 2.75) is 11.4 Å². The Morgan fingerprint density at radius 2 is 1.90 bits per heavy atom. The number of carbonyl (C=O) groups is 1. The Hall–Kier alpha value is -2.62. The van der Waals surface area contributed by atoms with Crippen LogP contribution in [-0.2, 0) is 16.4 Å². The normalized spacial score (nSPS) is 11.5. The lowest BCUT2D eigenvalue weighted by atomic mass is 10.2. The van der Waals surface area contributed by atoms with Gasteiger partial charge in [0.25, 0.3) is 5.91 Å². The first-order chi connectivity index (χ1) is 14.3. The Morgan fingerprint density at radius 1 is 1.13 bits per heavy atom. The number of rotatable bonds is 5. The largest absolute Gasteiger partial charge is 0.279 e. The molecular weight excluding hydrogens is 486 g/mol. The van der Waals surface area contributed by atoms with E-state index in [1.54, 1.807) is 41.6 Å². The third kappa shape index (κ3) is 4.43. The van der Waals surface area contributed by atoms with Crippen LogP contribution >= 0.6 is 27.3 Å². The molecule has 2 aromatic heterocycles. The SMILES string of the molecule is CS(=O)(=O)c1ccc2nc(N(Cc3cccnc3)C(=O)c3ccc(Br)cc3)sc2c1. The molecule has 152 valence electrons. The average Bonchev–Trinajstić information content (AvgIpc) is 3.15. The van der Waals surface area contributed by atoms with Crippen LogP contribution < -0.4 is 4.90 Å². The highest BCUT2D eigenvalue weighted by Crippen LogP contribution is 2.32. The minimum absolute atomic E-state index is 0.200. The van der Waals surface area contributed by atoms with Crippen molar-refractivity contribution < 1.29 is 13.2 Å². The monoisotopic (exact) mass is 501 g/mol. The molecule has 2 aromatic carbocycles. The predicted molar refractivity (Wildman–Crippen MR) is 122 cm³/mol. The number of amides is 1. The third-order valence-corrected chi connectivity index (χ3v) is 7.09. The van der Waals surface area contributed by atoms with Crippen molar-refractivity contribution in [1.29, 1.82) is 0 Å². The van der Waals surface area contributed by atoms with Gasteiger partial charge in [-0.15, -0.1) is 0 Å².